The van der Waals surface area contributed by atoms with Gasteiger partial charge in [0.25, 0.3) is 0 Å². The summed E-state index contributed by atoms with van der Waals surface area (Å²) in [6, 6.07) is 4.77. The molecule has 1 aliphatic heterocycles. The third kappa shape index (κ3) is 6.24. The van der Waals surface area contributed by atoms with Gasteiger partial charge in [-0.3, -0.25) is 9.79 Å². The third-order valence-corrected chi connectivity index (χ3v) is 8.82. The van der Waals surface area contributed by atoms with Gasteiger partial charge in [0.2, 0.25) is 0 Å². The smallest absolute Gasteiger partial charge is 0.305 e. The Morgan fingerprint density at radius 1 is 1.21 bits per heavy atom. The Hall–Kier alpha value is -1.01. The van der Waals surface area contributed by atoms with Crippen LogP contribution in [0.2, 0.25) is 0 Å². The molecule has 1 unspecified atom stereocenters. The quantitative estimate of drug-likeness (QED) is 0.577. The van der Waals surface area contributed by atoms with E-state index < -0.39 is 5.97 Å². The maximum atomic E-state index is 11.2. The lowest BCUT2D eigenvalue weighted by Crippen LogP contribution is -2.31. The average Bonchev–Trinajstić information content (AvgIpc) is 3.34. The molecule has 6 heteroatoms. The van der Waals surface area contributed by atoms with Gasteiger partial charge in [0.1, 0.15) is 0 Å². The van der Waals surface area contributed by atoms with Gasteiger partial charge in [-0.1, -0.05) is 39.5 Å². The van der Waals surface area contributed by atoms with Crippen LogP contribution < -0.4 is 0 Å². The van der Waals surface area contributed by atoms with Crippen molar-refractivity contribution in [2.24, 2.45) is 22.2 Å². The lowest BCUT2D eigenvalue weighted by atomic mass is 9.69. The van der Waals surface area contributed by atoms with Gasteiger partial charge in [0.15, 0.2) is 5.17 Å². The van der Waals surface area contributed by atoms with E-state index in [9.17, 15) is 9.90 Å². The number of carbonyl (C=O) groups is 1. The van der Waals surface area contributed by atoms with E-state index in [1.165, 1.54) is 35.4 Å². The SMILES string of the molecule is CCc1ccc(CN(CCC(=O)O)C2=NC([C@H]3CC[C@H](C(C)(C)C)CC3)CS2)s1. The van der Waals surface area contributed by atoms with Crippen molar-refractivity contribution in [2.75, 3.05) is 12.3 Å². The number of carboxylic acid groups (broad SMARTS) is 1. The van der Waals surface area contributed by atoms with E-state index in [1.54, 1.807) is 0 Å². The van der Waals surface area contributed by atoms with Crippen molar-refractivity contribution in [1.29, 1.82) is 0 Å². The molecular formula is C23H36N2O2S2. The van der Waals surface area contributed by atoms with Crippen molar-refractivity contribution in [1.82, 2.24) is 4.90 Å². The number of rotatable bonds is 7. The molecule has 0 bridgehead atoms. The topological polar surface area (TPSA) is 52.9 Å². The highest BCUT2D eigenvalue weighted by Crippen LogP contribution is 2.42. The van der Waals surface area contributed by atoms with Gasteiger partial charge in [0.05, 0.1) is 19.0 Å². The Morgan fingerprint density at radius 3 is 2.48 bits per heavy atom. The molecule has 4 nitrogen and oxygen atoms in total. The summed E-state index contributed by atoms with van der Waals surface area (Å²) in [6.07, 6.45) is 6.41. The molecule has 1 fully saturated rings. The Balaban J connectivity index is 1.64. The molecule has 1 saturated carbocycles. The summed E-state index contributed by atoms with van der Waals surface area (Å²) in [5, 5.41) is 10.2. The summed E-state index contributed by atoms with van der Waals surface area (Å²) >= 11 is 3.66. The number of amidine groups is 1. The Kier molecular flexibility index (Phi) is 7.71. The summed E-state index contributed by atoms with van der Waals surface area (Å²) in [5.41, 5.74) is 0.412. The highest BCUT2D eigenvalue weighted by molar-refractivity contribution is 8.14. The molecule has 2 heterocycles. The van der Waals surface area contributed by atoms with E-state index in [-0.39, 0.29) is 6.42 Å². The predicted molar refractivity (Wildman–Crippen MR) is 125 cm³/mol. The number of thiophene rings is 1. The van der Waals surface area contributed by atoms with Crippen molar-refractivity contribution in [2.45, 2.75) is 78.8 Å². The van der Waals surface area contributed by atoms with Crippen LogP contribution in [0.15, 0.2) is 17.1 Å². The number of hydrogen-bond acceptors (Lipinski definition) is 5. The standard InChI is InChI=1S/C23H36N2O2S2/c1-5-18-10-11-19(29-18)14-25(13-12-21(26)27)22-24-20(15-28-22)16-6-8-17(9-7-16)23(2,3)4/h10-11,16-17,20H,5-9,12-15H2,1-4H3,(H,26,27)/t16-,17-,20?. The van der Waals surface area contributed by atoms with E-state index in [2.05, 4.69) is 44.7 Å². The molecule has 0 saturated heterocycles. The molecular weight excluding hydrogens is 400 g/mol. The molecule has 3 rings (SSSR count). The molecule has 162 valence electrons. The Bertz CT molecular complexity index is 715. The van der Waals surface area contributed by atoms with Crippen LogP contribution in [-0.4, -0.2) is 39.5 Å². The summed E-state index contributed by atoms with van der Waals surface area (Å²) < 4.78 is 0. The van der Waals surface area contributed by atoms with Crippen LogP contribution in [0.25, 0.3) is 0 Å². The van der Waals surface area contributed by atoms with Crippen LogP contribution in [0.5, 0.6) is 0 Å². The summed E-state index contributed by atoms with van der Waals surface area (Å²) in [5.74, 6) is 1.83. The highest BCUT2D eigenvalue weighted by atomic mass is 32.2. The number of aliphatic imine (C=N–C) groups is 1. The first-order chi connectivity index (χ1) is 13.8. The van der Waals surface area contributed by atoms with E-state index in [0.29, 0.717) is 23.9 Å². The van der Waals surface area contributed by atoms with Gasteiger partial charge < -0.3 is 10.0 Å². The van der Waals surface area contributed by atoms with Crippen LogP contribution in [0.3, 0.4) is 0 Å². The number of aryl methyl sites for hydroxylation is 1. The van der Waals surface area contributed by atoms with Crippen LogP contribution >= 0.6 is 23.1 Å². The largest absolute Gasteiger partial charge is 0.481 e. The second-order valence-corrected chi connectivity index (χ2v) is 11.8. The van der Waals surface area contributed by atoms with E-state index in [4.69, 9.17) is 4.99 Å². The lowest BCUT2D eigenvalue weighted by molar-refractivity contribution is -0.137. The van der Waals surface area contributed by atoms with Crippen molar-refractivity contribution in [3.63, 3.8) is 0 Å². The van der Waals surface area contributed by atoms with Crippen LogP contribution in [0.1, 0.15) is 69.6 Å². The number of aliphatic carboxylic acids is 1. The van der Waals surface area contributed by atoms with Gasteiger partial charge in [-0.15, -0.1) is 11.3 Å². The van der Waals surface area contributed by atoms with Crippen molar-refractivity contribution in [3.05, 3.63) is 21.9 Å². The molecule has 1 aromatic rings. The molecule has 1 aromatic heterocycles. The summed E-state index contributed by atoms with van der Waals surface area (Å²) in [7, 11) is 0. The zero-order chi connectivity index (χ0) is 21.0. The Morgan fingerprint density at radius 2 is 1.90 bits per heavy atom. The molecule has 0 aromatic carbocycles. The van der Waals surface area contributed by atoms with E-state index >= 15 is 0 Å². The molecule has 1 aliphatic carbocycles. The van der Waals surface area contributed by atoms with Gasteiger partial charge in [-0.25, -0.2) is 0 Å². The van der Waals surface area contributed by atoms with Crippen molar-refractivity contribution >= 4 is 34.2 Å². The molecule has 2 aliphatic rings. The second-order valence-electron chi connectivity index (χ2n) is 9.55. The van der Waals surface area contributed by atoms with Gasteiger partial charge >= 0.3 is 5.97 Å². The first kappa shape index (κ1) is 22.7. The number of nitrogens with zero attached hydrogens (tertiary/aromatic N) is 2. The fourth-order valence-corrected chi connectivity index (χ4v) is 6.71. The zero-order valence-corrected chi connectivity index (χ0v) is 20.0. The summed E-state index contributed by atoms with van der Waals surface area (Å²) in [6.45, 7) is 10.6. The molecule has 0 radical (unpaired) electrons. The molecule has 1 atom stereocenters. The lowest BCUT2D eigenvalue weighted by Gasteiger charge is -2.38. The fourth-order valence-electron chi connectivity index (χ4n) is 4.52. The zero-order valence-electron chi connectivity index (χ0n) is 18.3. The maximum absolute atomic E-state index is 11.2. The minimum absolute atomic E-state index is 0.160. The number of thioether (sulfide) groups is 1. The maximum Gasteiger partial charge on any atom is 0.305 e. The summed E-state index contributed by atoms with van der Waals surface area (Å²) in [4.78, 5) is 21.2. The molecule has 1 N–H and O–H groups in total. The average molecular weight is 437 g/mol. The van der Waals surface area contributed by atoms with Crippen LogP contribution in [-0.2, 0) is 17.8 Å². The second kappa shape index (κ2) is 9.86. The van der Waals surface area contributed by atoms with Crippen LogP contribution in [0.4, 0.5) is 0 Å². The van der Waals surface area contributed by atoms with E-state index in [1.807, 2.05) is 23.1 Å². The van der Waals surface area contributed by atoms with E-state index in [0.717, 1.165) is 29.8 Å². The van der Waals surface area contributed by atoms with Gasteiger partial charge in [-0.05, 0) is 61.5 Å². The fraction of sp³-hybridized carbons (Fsp3) is 0.739. The molecule has 0 spiro atoms. The predicted octanol–water partition coefficient (Wildman–Crippen LogP) is 5.91. The van der Waals surface area contributed by atoms with Gasteiger partial charge in [0, 0.05) is 22.1 Å². The first-order valence-electron chi connectivity index (χ1n) is 11.0. The first-order valence-corrected chi connectivity index (χ1v) is 12.8. The van der Waals surface area contributed by atoms with Crippen LogP contribution in [0, 0.1) is 17.3 Å². The molecule has 29 heavy (non-hydrogen) atoms. The molecule has 0 amide bonds. The Labute approximate surface area is 184 Å². The van der Waals surface area contributed by atoms with Crippen molar-refractivity contribution < 1.29 is 9.90 Å². The van der Waals surface area contributed by atoms with Crippen molar-refractivity contribution in [3.8, 4) is 0 Å². The third-order valence-electron chi connectivity index (χ3n) is 6.48. The minimum Gasteiger partial charge on any atom is -0.481 e. The number of hydrogen-bond donors (Lipinski definition) is 1. The highest BCUT2D eigenvalue weighted by Gasteiger charge is 2.35. The normalized spacial score (nSPS) is 25.1. The monoisotopic (exact) mass is 436 g/mol. The number of carboxylic acids is 1. The van der Waals surface area contributed by atoms with Gasteiger partial charge in [-0.2, -0.15) is 0 Å². The minimum atomic E-state index is -0.740.